The number of fused-ring (bicyclic) bond motifs is 1. The summed E-state index contributed by atoms with van der Waals surface area (Å²) in [6.07, 6.45) is 2.76. The molecule has 0 radical (unpaired) electrons. The molecule has 0 bridgehead atoms. The summed E-state index contributed by atoms with van der Waals surface area (Å²) < 4.78 is 10.9. The van der Waals surface area contributed by atoms with Gasteiger partial charge in [0.2, 0.25) is 0 Å². The molecule has 4 heteroatoms. The Balaban J connectivity index is 2.10. The van der Waals surface area contributed by atoms with E-state index >= 15 is 0 Å². The van der Waals surface area contributed by atoms with Gasteiger partial charge in [0.15, 0.2) is 11.5 Å². The minimum absolute atomic E-state index is 0.111. The average molecular weight is 270 g/mol. The first-order valence-electron chi connectivity index (χ1n) is 6.73. The van der Waals surface area contributed by atoms with E-state index in [-0.39, 0.29) is 6.04 Å². The third kappa shape index (κ3) is 2.12. The van der Waals surface area contributed by atoms with Crippen LogP contribution in [0.2, 0.25) is 0 Å². The first-order chi connectivity index (χ1) is 9.85. The van der Waals surface area contributed by atoms with Gasteiger partial charge in [-0.15, -0.1) is 0 Å². The van der Waals surface area contributed by atoms with Gasteiger partial charge in [-0.05, 0) is 30.2 Å². The van der Waals surface area contributed by atoms with Crippen LogP contribution in [0.25, 0.3) is 0 Å². The topological polar surface area (TPSA) is 43.4 Å². The van der Waals surface area contributed by atoms with Crippen LogP contribution in [0.1, 0.15) is 22.9 Å². The summed E-state index contributed by atoms with van der Waals surface area (Å²) in [6.45, 7) is 0.901. The van der Waals surface area contributed by atoms with Crippen molar-refractivity contribution in [3.63, 3.8) is 0 Å². The molecule has 1 unspecified atom stereocenters. The molecule has 0 spiro atoms. The molecule has 0 saturated carbocycles. The third-order valence-corrected chi connectivity index (χ3v) is 3.70. The van der Waals surface area contributed by atoms with E-state index in [1.54, 1.807) is 14.2 Å². The lowest BCUT2D eigenvalue weighted by Crippen LogP contribution is -2.31. The molecular weight excluding hydrogens is 252 g/mol. The fourth-order valence-electron chi connectivity index (χ4n) is 2.80. The van der Waals surface area contributed by atoms with E-state index in [2.05, 4.69) is 16.4 Å². The predicted octanol–water partition coefficient (Wildman–Crippen LogP) is 2.33. The highest BCUT2D eigenvalue weighted by Gasteiger charge is 2.26. The zero-order chi connectivity index (χ0) is 13.9. The highest BCUT2D eigenvalue weighted by molar-refractivity contribution is 5.54. The molecule has 20 heavy (non-hydrogen) atoms. The van der Waals surface area contributed by atoms with Gasteiger partial charge >= 0.3 is 0 Å². The van der Waals surface area contributed by atoms with Crippen molar-refractivity contribution in [2.24, 2.45) is 0 Å². The second-order valence-electron chi connectivity index (χ2n) is 4.76. The van der Waals surface area contributed by atoms with Crippen molar-refractivity contribution in [3.8, 4) is 11.5 Å². The molecule has 0 amide bonds. The number of ether oxygens (including phenoxy) is 2. The summed E-state index contributed by atoms with van der Waals surface area (Å²) in [5.74, 6) is 1.63. The Morgan fingerprint density at radius 1 is 1.15 bits per heavy atom. The van der Waals surface area contributed by atoms with Gasteiger partial charge < -0.3 is 14.8 Å². The number of methoxy groups -OCH3 is 2. The number of benzene rings is 1. The summed E-state index contributed by atoms with van der Waals surface area (Å²) in [5.41, 5.74) is 3.45. The van der Waals surface area contributed by atoms with Crippen molar-refractivity contribution in [1.29, 1.82) is 0 Å². The van der Waals surface area contributed by atoms with E-state index in [4.69, 9.17) is 9.47 Å². The van der Waals surface area contributed by atoms with Gasteiger partial charge in [-0.2, -0.15) is 0 Å². The fourth-order valence-corrected chi connectivity index (χ4v) is 2.80. The lowest BCUT2D eigenvalue weighted by Gasteiger charge is -2.28. The normalized spacial score (nSPS) is 17.4. The molecule has 2 aromatic rings. The highest BCUT2D eigenvalue weighted by Crippen LogP contribution is 2.39. The molecule has 1 atom stereocenters. The predicted molar refractivity (Wildman–Crippen MR) is 77.3 cm³/mol. The Hall–Kier alpha value is -2.07. The summed E-state index contributed by atoms with van der Waals surface area (Å²) in [5, 5.41) is 3.52. The van der Waals surface area contributed by atoms with Crippen LogP contribution in [0.5, 0.6) is 11.5 Å². The molecule has 1 aliphatic heterocycles. The van der Waals surface area contributed by atoms with Gasteiger partial charge in [-0.25, -0.2) is 0 Å². The first kappa shape index (κ1) is 12.9. The average Bonchev–Trinajstić information content (AvgIpc) is 2.53. The number of aromatic nitrogens is 1. The molecule has 104 valence electrons. The van der Waals surface area contributed by atoms with Crippen molar-refractivity contribution in [2.75, 3.05) is 20.8 Å². The van der Waals surface area contributed by atoms with Crippen molar-refractivity contribution in [1.82, 2.24) is 10.3 Å². The molecule has 1 aromatic carbocycles. The maximum Gasteiger partial charge on any atom is 0.164 e. The largest absolute Gasteiger partial charge is 0.493 e. The van der Waals surface area contributed by atoms with Crippen molar-refractivity contribution >= 4 is 0 Å². The third-order valence-electron chi connectivity index (χ3n) is 3.70. The Labute approximate surface area is 118 Å². The van der Waals surface area contributed by atoms with Gasteiger partial charge in [0.25, 0.3) is 0 Å². The molecule has 3 rings (SSSR count). The number of pyridine rings is 1. The van der Waals surface area contributed by atoms with Crippen LogP contribution in [0.3, 0.4) is 0 Å². The molecule has 0 saturated heterocycles. The molecule has 0 fully saturated rings. The highest BCUT2D eigenvalue weighted by atomic mass is 16.5. The minimum atomic E-state index is 0.111. The standard InChI is InChI=1S/C16H18N2O2/c1-19-14-7-6-11-12(16(14)20-2)8-10-18-15(11)13-5-3-4-9-17-13/h3-7,9,15,18H,8,10H2,1-2H3. The monoisotopic (exact) mass is 270 g/mol. The van der Waals surface area contributed by atoms with Crippen LogP contribution >= 0.6 is 0 Å². The second kappa shape index (κ2) is 5.51. The molecule has 2 heterocycles. The minimum Gasteiger partial charge on any atom is -0.493 e. The van der Waals surface area contributed by atoms with Gasteiger partial charge in [0.05, 0.1) is 26.0 Å². The zero-order valence-corrected chi connectivity index (χ0v) is 11.7. The van der Waals surface area contributed by atoms with Crippen LogP contribution in [0, 0.1) is 0 Å². The van der Waals surface area contributed by atoms with Crippen LogP contribution < -0.4 is 14.8 Å². The van der Waals surface area contributed by atoms with Gasteiger partial charge in [-0.1, -0.05) is 12.1 Å². The smallest absolute Gasteiger partial charge is 0.164 e. The van der Waals surface area contributed by atoms with Crippen molar-refractivity contribution < 1.29 is 9.47 Å². The maximum atomic E-state index is 5.55. The fraction of sp³-hybridized carbons (Fsp3) is 0.312. The van der Waals surface area contributed by atoms with E-state index in [9.17, 15) is 0 Å². The lowest BCUT2D eigenvalue weighted by atomic mass is 9.91. The van der Waals surface area contributed by atoms with E-state index in [0.29, 0.717) is 0 Å². The Kier molecular flexibility index (Phi) is 3.56. The van der Waals surface area contributed by atoms with Crippen LogP contribution in [0.15, 0.2) is 36.5 Å². The number of hydrogen-bond acceptors (Lipinski definition) is 4. The Morgan fingerprint density at radius 3 is 2.75 bits per heavy atom. The first-order valence-corrected chi connectivity index (χ1v) is 6.73. The van der Waals surface area contributed by atoms with Gasteiger partial charge in [0, 0.05) is 18.3 Å². The molecule has 1 aliphatic rings. The summed E-state index contributed by atoms with van der Waals surface area (Å²) in [7, 11) is 3.36. The van der Waals surface area contributed by atoms with E-state index < -0.39 is 0 Å². The van der Waals surface area contributed by atoms with E-state index in [0.717, 1.165) is 30.2 Å². The number of nitrogens with one attached hydrogen (secondary N) is 1. The molecule has 0 aliphatic carbocycles. The molecule has 1 aromatic heterocycles. The summed E-state index contributed by atoms with van der Waals surface area (Å²) >= 11 is 0. The van der Waals surface area contributed by atoms with Crippen LogP contribution in [-0.2, 0) is 6.42 Å². The zero-order valence-electron chi connectivity index (χ0n) is 11.7. The number of rotatable bonds is 3. The van der Waals surface area contributed by atoms with Gasteiger partial charge in [-0.3, -0.25) is 4.98 Å². The lowest BCUT2D eigenvalue weighted by molar-refractivity contribution is 0.348. The molecule has 1 N–H and O–H groups in total. The van der Waals surface area contributed by atoms with Crippen molar-refractivity contribution in [2.45, 2.75) is 12.5 Å². The second-order valence-corrected chi connectivity index (χ2v) is 4.76. The molecule has 4 nitrogen and oxygen atoms in total. The summed E-state index contributed by atoms with van der Waals surface area (Å²) in [4.78, 5) is 4.46. The van der Waals surface area contributed by atoms with E-state index in [1.165, 1.54) is 11.1 Å². The maximum absolute atomic E-state index is 5.55. The Bertz CT molecular complexity index is 599. The van der Waals surface area contributed by atoms with Crippen LogP contribution in [0.4, 0.5) is 0 Å². The summed E-state index contributed by atoms with van der Waals surface area (Å²) in [6, 6.07) is 10.2. The number of hydrogen-bond donors (Lipinski definition) is 1. The SMILES string of the molecule is COc1ccc2c(c1OC)CCNC2c1ccccn1. The van der Waals surface area contributed by atoms with Gasteiger partial charge in [0.1, 0.15) is 0 Å². The quantitative estimate of drug-likeness (QED) is 0.929. The molecular formula is C16H18N2O2. The van der Waals surface area contributed by atoms with E-state index in [1.807, 2.05) is 30.5 Å². The number of nitrogens with zero attached hydrogens (tertiary/aromatic N) is 1. The van der Waals surface area contributed by atoms with Crippen LogP contribution in [-0.4, -0.2) is 25.7 Å². The Morgan fingerprint density at radius 2 is 2.05 bits per heavy atom. The van der Waals surface area contributed by atoms with Crippen molar-refractivity contribution in [3.05, 3.63) is 53.3 Å².